The van der Waals surface area contributed by atoms with Gasteiger partial charge in [0.2, 0.25) is 0 Å². The molecule has 0 atom stereocenters. The van der Waals surface area contributed by atoms with Gasteiger partial charge in [-0.15, -0.1) is 0 Å². The standard InChI is InChI=1S/C10H6BrClN2/c11-10-13-6-5-9(14-10)7-1-3-8(12)4-2-7/h1-6H. The van der Waals surface area contributed by atoms with Crippen LogP contribution in [-0.2, 0) is 0 Å². The number of benzene rings is 1. The Hall–Kier alpha value is -0.930. The minimum absolute atomic E-state index is 0.588. The van der Waals surface area contributed by atoms with Crippen LogP contribution in [0.1, 0.15) is 0 Å². The van der Waals surface area contributed by atoms with Crippen LogP contribution >= 0.6 is 27.5 Å². The van der Waals surface area contributed by atoms with E-state index in [9.17, 15) is 0 Å². The Labute approximate surface area is 95.1 Å². The molecule has 4 heteroatoms. The fourth-order valence-electron chi connectivity index (χ4n) is 1.12. The zero-order valence-corrected chi connectivity index (χ0v) is 9.46. The summed E-state index contributed by atoms with van der Waals surface area (Å²) >= 11 is 9.01. The van der Waals surface area contributed by atoms with Gasteiger partial charge >= 0.3 is 0 Å². The Morgan fingerprint density at radius 1 is 1.07 bits per heavy atom. The molecule has 1 heterocycles. The zero-order valence-electron chi connectivity index (χ0n) is 7.11. The Balaban J connectivity index is 2.44. The van der Waals surface area contributed by atoms with E-state index in [1.54, 1.807) is 6.20 Å². The van der Waals surface area contributed by atoms with Crippen molar-refractivity contribution in [3.8, 4) is 11.3 Å². The van der Waals surface area contributed by atoms with E-state index in [0.717, 1.165) is 16.3 Å². The summed E-state index contributed by atoms with van der Waals surface area (Å²) < 4.78 is 0.588. The minimum atomic E-state index is 0.588. The van der Waals surface area contributed by atoms with Crippen LogP contribution in [0.15, 0.2) is 41.3 Å². The summed E-state index contributed by atoms with van der Waals surface area (Å²) in [7, 11) is 0. The number of rotatable bonds is 1. The van der Waals surface area contributed by atoms with Crippen molar-refractivity contribution >= 4 is 27.5 Å². The highest BCUT2D eigenvalue weighted by Gasteiger charge is 1.99. The summed E-state index contributed by atoms with van der Waals surface area (Å²) in [6.45, 7) is 0. The molecule has 0 fully saturated rings. The van der Waals surface area contributed by atoms with Gasteiger partial charge in [0.15, 0.2) is 4.73 Å². The van der Waals surface area contributed by atoms with Crippen molar-refractivity contribution in [1.29, 1.82) is 0 Å². The monoisotopic (exact) mass is 268 g/mol. The quantitative estimate of drug-likeness (QED) is 0.740. The van der Waals surface area contributed by atoms with E-state index in [0.29, 0.717) is 4.73 Å². The molecule has 0 radical (unpaired) electrons. The lowest BCUT2D eigenvalue weighted by Gasteiger charge is -2.00. The molecule has 1 aromatic heterocycles. The molecule has 2 nitrogen and oxygen atoms in total. The van der Waals surface area contributed by atoms with E-state index in [-0.39, 0.29) is 0 Å². The molecule has 0 amide bonds. The molecule has 70 valence electrons. The van der Waals surface area contributed by atoms with E-state index in [4.69, 9.17) is 11.6 Å². The lowest BCUT2D eigenvalue weighted by molar-refractivity contribution is 1.12. The smallest absolute Gasteiger partial charge is 0.197 e. The first-order chi connectivity index (χ1) is 6.75. The second-order valence-corrected chi connectivity index (χ2v) is 3.86. The van der Waals surface area contributed by atoms with E-state index < -0.39 is 0 Å². The fraction of sp³-hybridized carbons (Fsp3) is 0. The Kier molecular flexibility index (Phi) is 2.79. The van der Waals surface area contributed by atoms with Gasteiger partial charge in [-0.2, -0.15) is 0 Å². The highest BCUT2D eigenvalue weighted by Crippen LogP contribution is 2.19. The van der Waals surface area contributed by atoms with Crippen molar-refractivity contribution in [2.24, 2.45) is 0 Å². The largest absolute Gasteiger partial charge is 0.231 e. The third-order valence-electron chi connectivity index (χ3n) is 1.77. The summed E-state index contributed by atoms with van der Waals surface area (Å²) in [6.07, 6.45) is 1.71. The van der Waals surface area contributed by atoms with E-state index in [2.05, 4.69) is 25.9 Å². The van der Waals surface area contributed by atoms with Crippen molar-refractivity contribution in [2.45, 2.75) is 0 Å². The summed E-state index contributed by atoms with van der Waals surface area (Å²) in [5, 5.41) is 0.724. The molecule has 0 spiro atoms. The van der Waals surface area contributed by atoms with Gasteiger partial charge in [0, 0.05) is 16.8 Å². The maximum atomic E-state index is 5.79. The van der Waals surface area contributed by atoms with Gasteiger partial charge in [-0.3, -0.25) is 0 Å². The molecule has 0 bridgehead atoms. The predicted molar refractivity (Wildman–Crippen MR) is 60.2 cm³/mol. The van der Waals surface area contributed by atoms with Crippen LogP contribution in [0.3, 0.4) is 0 Å². The average Bonchev–Trinajstić information content (AvgIpc) is 2.19. The van der Waals surface area contributed by atoms with Crippen molar-refractivity contribution in [3.05, 3.63) is 46.3 Å². The number of halogens is 2. The SMILES string of the molecule is Clc1ccc(-c2ccnc(Br)n2)cc1. The van der Waals surface area contributed by atoms with Crippen LogP contribution in [0, 0.1) is 0 Å². The lowest BCUT2D eigenvalue weighted by Crippen LogP contribution is -1.86. The van der Waals surface area contributed by atoms with E-state index in [1.807, 2.05) is 30.3 Å². The molecule has 2 aromatic rings. The van der Waals surface area contributed by atoms with E-state index in [1.165, 1.54) is 0 Å². The van der Waals surface area contributed by atoms with Crippen LogP contribution < -0.4 is 0 Å². The van der Waals surface area contributed by atoms with Gasteiger partial charge < -0.3 is 0 Å². The van der Waals surface area contributed by atoms with Crippen molar-refractivity contribution < 1.29 is 0 Å². The number of hydrogen-bond donors (Lipinski definition) is 0. The summed E-state index contributed by atoms with van der Waals surface area (Å²) in [5.41, 5.74) is 1.90. The molecule has 0 aliphatic carbocycles. The molecule has 0 saturated heterocycles. The Morgan fingerprint density at radius 3 is 2.43 bits per heavy atom. The van der Waals surface area contributed by atoms with Gasteiger partial charge in [0.05, 0.1) is 5.69 Å². The maximum Gasteiger partial charge on any atom is 0.197 e. The summed E-state index contributed by atoms with van der Waals surface area (Å²) in [6, 6.07) is 9.39. The van der Waals surface area contributed by atoms with Crippen molar-refractivity contribution in [3.63, 3.8) is 0 Å². The third kappa shape index (κ3) is 2.11. The van der Waals surface area contributed by atoms with Crippen LogP contribution in [0.25, 0.3) is 11.3 Å². The number of hydrogen-bond acceptors (Lipinski definition) is 2. The number of nitrogens with zero attached hydrogens (tertiary/aromatic N) is 2. The van der Waals surface area contributed by atoms with Crippen LogP contribution in [0.4, 0.5) is 0 Å². The minimum Gasteiger partial charge on any atom is -0.231 e. The normalized spacial score (nSPS) is 10.1. The fourth-order valence-corrected chi connectivity index (χ4v) is 1.55. The van der Waals surface area contributed by atoms with Gasteiger partial charge in [-0.05, 0) is 34.1 Å². The highest BCUT2D eigenvalue weighted by atomic mass is 79.9. The predicted octanol–water partition coefficient (Wildman–Crippen LogP) is 3.56. The van der Waals surface area contributed by atoms with Crippen LogP contribution in [-0.4, -0.2) is 9.97 Å². The first kappa shape index (κ1) is 9.62. The second-order valence-electron chi connectivity index (χ2n) is 2.72. The van der Waals surface area contributed by atoms with Gasteiger partial charge in [-0.25, -0.2) is 9.97 Å². The topological polar surface area (TPSA) is 25.8 Å². The molecule has 2 rings (SSSR count). The Bertz CT molecular complexity index is 442. The third-order valence-corrected chi connectivity index (χ3v) is 2.40. The average molecular weight is 270 g/mol. The molecule has 0 aliphatic rings. The summed E-state index contributed by atoms with van der Waals surface area (Å²) in [4.78, 5) is 8.20. The second kappa shape index (κ2) is 4.07. The summed E-state index contributed by atoms with van der Waals surface area (Å²) in [5.74, 6) is 0. The lowest BCUT2D eigenvalue weighted by atomic mass is 10.1. The zero-order chi connectivity index (χ0) is 9.97. The molecule has 0 aliphatic heterocycles. The maximum absolute atomic E-state index is 5.79. The first-order valence-corrected chi connectivity index (χ1v) is 5.17. The molecule has 0 N–H and O–H groups in total. The van der Waals surface area contributed by atoms with Crippen molar-refractivity contribution in [1.82, 2.24) is 9.97 Å². The molecule has 14 heavy (non-hydrogen) atoms. The number of aromatic nitrogens is 2. The molecule has 1 aromatic carbocycles. The molecular formula is C10H6BrClN2. The van der Waals surface area contributed by atoms with Gasteiger partial charge in [0.1, 0.15) is 0 Å². The first-order valence-electron chi connectivity index (χ1n) is 4.00. The van der Waals surface area contributed by atoms with E-state index >= 15 is 0 Å². The van der Waals surface area contributed by atoms with Crippen LogP contribution in [0.2, 0.25) is 5.02 Å². The van der Waals surface area contributed by atoms with Crippen molar-refractivity contribution in [2.75, 3.05) is 0 Å². The van der Waals surface area contributed by atoms with Gasteiger partial charge in [0.25, 0.3) is 0 Å². The Morgan fingerprint density at radius 2 is 1.79 bits per heavy atom. The molecule has 0 unspecified atom stereocenters. The molecule has 0 saturated carbocycles. The van der Waals surface area contributed by atoms with Gasteiger partial charge in [-0.1, -0.05) is 23.7 Å². The van der Waals surface area contributed by atoms with Crippen LogP contribution in [0.5, 0.6) is 0 Å². The molecular weight excluding hydrogens is 263 g/mol. The highest BCUT2D eigenvalue weighted by molar-refractivity contribution is 9.10.